The van der Waals surface area contributed by atoms with Gasteiger partial charge in [0, 0.05) is 17.5 Å². The number of carboxylic acid groups (broad SMARTS) is 1. The molecule has 0 saturated heterocycles. The lowest BCUT2D eigenvalue weighted by atomic mass is 9.87. The van der Waals surface area contributed by atoms with Crippen molar-refractivity contribution >= 4 is 23.5 Å². The number of amides is 2. The highest BCUT2D eigenvalue weighted by atomic mass is 16.4. The van der Waals surface area contributed by atoms with Gasteiger partial charge < -0.3 is 15.7 Å². The van der Waals surface area contributed by atoms with Crippen molar-refractivity contribution < 1.29 is 19.5 Å². The van der Waals surface area contributed by atoms with Gasteiger partial charge in [-0.25, -0.2) is 9.59 Å². The molecule has 3 N–H and O–H groups in total. The second kappa shape index (κ2) is 7.06. The molecule has 1 atom stereocenters. The molecule has 1 aromatic rings. The average Bonchev–Trinajstić information content (AvgIpc) is 2.39. The van der Waals surface area contributed by atoms with Crippen LogP contribution in [0.25, 0.3) is 0 Å². The molecule has 1 aromatic carbocycles. The second-order valence-electron chi connectivity index (χ2n) is 6.23. The summed E-state index contributed by atoms with van der Waals surface area (Å²) in [6.45, 7) is 7.05. The second-order valence-corrected chi connectivity index (χ2v) is 6.23. The van der Waals surface area contributed by atoms with Crippen molar-refractivity contribution in [2.24, 2.45) is 5.41 Å². The van der Waals surface area contributed by atoms with Gasteiger partial charge in [-0.1, -0.05) is 38.5 Å². The van der Waals surface area contributed by atoms with Crippen molar-refractivity contribution in [3.05, 3.63) is 29.8 Å². The summed E-state index contributed by atoms with van der Waals surface area (Å²) in [5, 5.41) is 14.0. The van der Waals surface area contributed by atoms with E-state index in [-0.39, 0.29) is 12.2 Å². The van der Waals surface area contributed by atoms with Gasteiger partial charge in [0.15, 0.2) is 0 Å². The number of aliphatic carboxylic acids is 1. The molecule has 0 aliphatic rings. The fourth-order valence-corrected chi connectivity index (χ4v) is 1.65. The maximum atomic E-state index is 11.9. The molecule has 6 heteroatoms. The zero-order valence-corrected chi connectivity index (χ0v) is 13.3. The Morgan fingerprint density at radius 1 is 1.14 bits per heavy atom. The third kappa shape index (κ3) is 5.55. The Balaban J connectivity index is 2.66. The zero-order valence-electron chi connectivity index (χ0n) is 13.3. The van der Waals surface area contributed by atoms with Crippen molar-refractivity contribution in [1.82, 2.24) is 5.32 Å². The molecule has 0 fully saturated rings. The lowest BCUT2D eigenvalue weighted by Crippen LogP contribution is -2.45. The number of Topliss-reactive ketones (excluding diaryl/α,β-unsaturated/α-hetero) is 1. The van der Waals surface area contributed by atoms with E-state index in [1.54, 1.807) is 32.9 Å². The van der Waals surface area contributed by atoms with E-state index in [1.807, 2.05) is 19.1 Å². The summed E-state index contributed by atoms with van der Waals surface area (Å²) in [7, 11) is 0. The fourth-order valence-electron chi connectivity index (χ4n) is 1.65. The number of carbonyl (C=O) groups is 3. The minimum atomic E-state index is -1.25. The van der Waals surface area contributed by atoms with Crippen LogP contribution in [0.3, 0.4) is 0 Å². The summed E-state index contributed by atoms with van der Waals surface area (Å²) in [4.78, 5) is 35.0. The van der Waals surface area contributed by atoms with Gasteiger partial charge in [0.1, 0.15) is 11.8 Å². The van der Waals surface area contributed by atoms with Gasteiger partial charge in [-0.2, -0.15) is 0 Å². The Kier molecular flexibility index (Phi) is 5.68. The summed E-state index contributed by atoms with van der Waals surface area (Å²) in [6, 6.07) is 5.17. The van der Waals surface area contributed by atoms with E-state index in [4.69, 9.17) is 5.11 Å². The number of aryl methyl sites for hydroxylation is 1. The monoisotopic (exact) mass is 306 g/mol. The molecular weight excluding hydrogens is 284 g/mol. The van der Waals surface area contributed by atoms with Crippen LogP contribution in [-0.2, 0) is 9.59 Å². The minimum absolute atomic E-state index is 0.226. The predicted molar refractivity (Wildman–Crippen MR) is 83.8 cm³/mol. The Morgan fingerprint density at radius 2 is 1.68 bits per heavy atom. The van der Waals surface area contributed by atoms with Crippen molar-refractivity contribution in [1.29, 1.82) is 0 Å². The van der Waals surface area contributed by atoms with Crippen molar-refractivity contribution in [3.8, 4) is 0 Å². The third-order valence-corrected chi connectivity index (χ3v) is 3.14. The van der Waals surface area contributed by atoms with Crippen LogP contribution in [0, 0.1) is 12.3 Å². The van der Waals surface area contributed by atoms with Crippen LogP contribution in [0.5, 0.6) is 0 Å². The molecule has 22 heavy (non-hydrogen) atoms. The van der Waals surface area contributed by atoms with Gasteiger partial charge in [-0.15, -0.1) is 0 Å². The first-order valence-electron chi connectivity index (χ1n) is 7.00. The molecule has 0 aromatic heterocycles. The van der Waals surface area contributed by atoms with Crippen molar-refractivity contribution in [2.45, 2.75) is 40.2 Å². The fraction of sp³-hybridized carbons (Fsp3) is 0.438. The van der Waals surface area contributed by atoms with E-state index in [9.17, 15) is 14.4 Å². The number of anilines is 1. The lowest BCUT2D eigenvalue weighted by Gasteiger charge is -2.20. The van der Waals surface area contributed by atoms with Crippen LogP contribution in [0.2, 0.25) is 0 Å². The number of hydrogen-bond donors (Lipinski definition) is 3. The lowest BCUT2D eigenvalue weighted by molar-refractivity contribution is -0.141. The van der Waals surface area contributed by atoms with Crippen LogP contribution in [0.15, 0.2) is 24.3 Å². The van der Waals surface area contributed by atoms with Crippen molar-refractivity contribution in [3.63, 3.8) is 0 Å². The number of ketones is 1. The molecule has 0 saturated carbocycles. The molecule has 1 rings (SSSR count). The first-order valence-corrected chi connectivity index (χ1v) is 7.00. The van der Waals surface area contributed by atoms with E-state index in [0.717, 1.165) is 5.56 Å². The van der Waals surface area contributed by atoms with Crippen LogP contribution >= 0.6 is 0 Å². The SMILES string of the molecule is Cc1ccc(NC(=O)NC(CC(=O)C(C)(C)C)C(=O)O)cc1. The largest absolute Gasteiger partial charge is 0.480 e. The van der Waals surface area contributed by atoms with E-state index < -0.39 is 23.5 Å². The number of hydrogen-bond acceptors (Lipinski definition) is 3. The predicted octanol–water partition coefficient (Wildman–Crippen LogP) is 2.58. The summed E-state index contributed by atoms with van der Waals surface area (Å²) >= 11 is 0. The molecule has 0 heterocycles. The van der Waals surface area contributed by atoms with Gasteiger partial charge in [-0.05, 0) is 19.1 Å². The number of rotatable bonds is 5. The van der Waals surface area contributed by atoms with Crippen LogP contribution in [0.4, 0.5) is 10.5 Å². The van der Waals surface area contributed by atoms with E-state index in [0.29, 0.717) is 5.69 Å². The van der Waals surface area contributed by atoms with Gasteiger partial charge in [0.05, 0.1) is 0 Å². The number of nitrogens with one attached hydrogen (secondary N) is 2. The van der Waals surface area contributed by atoms with Gasteiger partial charge >= 0.3 is 12.0 Å². The molecule has 1 unspecified atom stereocenters. The maximum Gasteiger partial charge on any atom is 0.326 e. The molecule has 120 valence electrons. The Bertz CT molecular complexity index is 559. The number of carboxylic acids is 1. The minimum Gasteiger partial charge on any atom is -0.480 e. The van der Waals surface area contributed by atoms with Crippen LogP contribution < -0.4 is 10.6 Å². The van der Waals surface area contributed by atoms with Gasteiger partial charge in [0.25, 0.3) is 0 Å². The highest BCUT2D eigenvalue weighted by Crippen LogP contribution is 2.18. The number of benzene rings is 1. The Morgan fingerprint density at radius 3 is 2.14 bits per heavy atom. The summed E-state index contributed by atoms with van der Waals surface area (Å²) in [6.07, 6.45) is -0.250. The first kappa shape index (κ1) is 17.7. The molecule has 0 radical (unpaired) electrons. The highest BCUT2D eigenvalue weighted by molar-refractivity contribution is 5.95. The van der Waals surface area contributed by atoms with Gasteiger partial charge in [-0.3, -0.25) is 4.79 Å². The standard InChI is InChI=1S/C16H22N2O4/c1-10-5-7-11(8-6-10)17-15(22)18-12(14(20)21)9-13(19)16(2,3)4/h5-8,12H,9H2,1-4H3,(H,20,21)(H2,17,18,22). The zero-order chi connectivity index (χ0) is 16.9. The number of carbonyl (C=O) groups excluding carboxylic acids is 2. The topological polar surface area (TPSA) is 95.5 Å². The average molecular weight is 306 g/mol. The normalized spacial score (nSPS) is 12.4. The molecule has 2 amide bonds. The van der Waals surface area contributed by atoms with Crippen LogP contribution in [-0.4, -0.2) is 28.9 Å². The Hall–Kier alpha value is -2.37. The smallest absolute Gasteiger partial charge is 0.326 e. The Labute approximate surface area is 129 Å². The summed E-state index contributed by atoms with van der Waals surface area (Å²) in [5.41, 5.74) is 0.947. The highest BCUT2D eigenvalue weighted by Gasteiger charge is 2.29. The molecule has 0 spiro atoms. The van der Waals surface area contributed by atoms with Gasteiger partial charge in [0.2, 0.25) is 0 Å². The quantitative estimate of drug-likeness (QED) is 0.779. The van der Waals surface area contributed by atoms with Crippen LogP contribution in [0.1, 0.15) is 32.8 Å². The molecule has 6 nitrogen and oxygen atoms in total. The molecule has 0 bridgehead atoms. The van der Waals surface area contributed by atoms with E-state index in [1.165, 1.54) is 0 Å². The molecule has 0 aliphatic heterocycles. The molecule has 0 aliphatic carbocycles. The molecular formula is C16H22N2O4. The van der Waals surface area contributed by atoms with E-state index >= 15 is 0 Å². The first-order chi connectivity index (χ1) is 10.1. The summed E-state index contributed by atoms with van der Waals surface area (Å²) < 4.78 is 0. The van der Waals surface area contributed by atoms with Crippen molar-refractivity contribution in [2.75, 3.05) is 5.32 Å². The summed E-state index contributed by atoms with van der Waals surface area (Å²) in [5.74, 6) is -1.47. The van der Waals surface area contributed by atoms with E-state index in [2.05, 4.69) is 10.6 Å². The third-order valence-electron chi connectivity index (χ3n) is 3.14. The number of urea groups is 1. The maximum absolute atomic E-state index is 11.9.